The van der Waals surface area contributed by atoms with Gasteiger partial charge in [0, 0.05) is 37.9 Å². The molecule has 1 aliphatic carbocycles. The summed E-state index contributed by atoms with van der Waals surface area (Å²) < 4.78 is 13.2. The van der Waals surface area contributed by atoms with E-state index in [4.69, 9.17) is 14.5 Å². The average Bonchev–Trinajstić information content (AvgIpc) is 3.51. The van der Waals surface area contributed by atoms with Crippen molar-refractivity contribution < 1.29 is 14.3 Å². The minimum atomic E-state index is 0.185. The van der Waals surface area contributed by atoms with Gasteiger partial charge in [-0.05, 0) is 48.2 Å². The van der Waals surface area contributed by atoms with Gasteiger partial charge >= 0.3 is 0 Å². The highest BCUT2D eigenvalue weighted by Crippen LogP contribution is 2.32. The third kappa shape index (κ3) is 3.82. The van der Waals surface area contributed by atoms with Crippen LogP contribution in [0.15, 0.2) is 36.7 Å². The lowest BCUT2D eigenvalue weighted by Gasteiger charge is -2.23. The lowest BCUT2D eigenvalue weighted by Crippen LogP contribution is -2.39. The molecule has 8 heteroatoms. The van der Waals surface area contributed by atoms with Gasteiger partial charge in [0.15, 0.2) is 5.65 Å². The molecule has 3 heterocycles. The largest absolute Gasteiger partial charge is 0.492 e. The molecule has 3 aromatic rings. The number of hydrogen-bond donors (Lipinski definition) is 1. The van der Waals surface area contributed by atoms with E-state index >= 15 is 0 Å². The van der Waals surface area contributed by atoms with E-state index in [1.54, 1.807) is 11.6 Å². The molecule has 0 saturated heterocycles. The summed E-state index contributed by atoms with van der Waals surface area (Å²) in [4.78, 5) is 19.3. The number of carbonyl (C=O) groups excluding carboxylic acids is 1. The molecule has 30 heavy (non-hydrogen) atoms. The highest BCUT2D eigenvalue weighted by Gasteiger charge is 2.33. The molecule has 1 amide bonds. The first-order valence-electron chi connectivity index (χ1n) is 10.3. The Balaban J connectivity index is 1.54. The predicted octanol–water partition coefficient (Wildman–Crippen LogP) is 2.59. The van der Waals surface area contributed by atoms with Crippen LogP contribution in [0.1, 0.15) is 18.4 Å². The Hall–Kier alpha value is -3.13. The van der Waals surface area contributed by atoms with Crippen molar-refractivity contribution in [3.05, 3.63) is 42.2 Å². The first kappa shape index (κ1) is 18.9. The summed E-state index contributed by atoms with van der Waals surface area (Å²) in [5, 5.41) is 7.79. The fraction of sp³-hybridized carbons (Fsp3) is 0.409. The second-order valence-electron chi connectivity index (χ2n) is 7.81. The maximum absolute atomic E-state index is 12.7. The van der Waals surface area contributed by atoms with Crippen molar-refractivity contribution in [1.29, 1.82) is 0 Å². The van der Waals surface area contributed by atoms with E-state index in [0.29, 0.717) is 32.8 Å². The molecule has 5 rings (SSSR count). The first-order valence-corrected chi connectivity index (χ1v) is 10.3. The minimum absolute atomic E-state index is 0.185. The molecule has 1 fully saturated rings. The fourth-order valence-electron chi connectivity index (χ4n) is 3.83. The zero-order chi connectivity index (χ0) is 20.5. The second kappa shape index (κ2) is 7.95. The molecule has 1 aromatic carbocycles. The number of nitrogens with zero attached hydrogens (tertiary/aromatic N) is 4. The van der Waals surface area contributed by atoms with Crippen molar-refractivity contribution in [2.45, 2.75) is 19.4 Å². The number of rotatable bonds is 3. The highest BCUT2D eigenvalue weighted by molar-refractivity contribution is 5.81. The Morgan fingerprint density at radius 3 is 3.03 bits per heavy atom. The summed E-state index contributed by atoms with van der Waals surface area (Å²) in [6, 6.07) is 7.96. The first-order chi connectivity index (χ1) is 14.7. The Labute approximate surface area is 174 Å². The zero-order valence-corrected chi connectivity index (χ0v) is 17.0. The van der Waals surface area contributed by atoms with Crippen LogP contribution in [0.25, 0.3) is 16.8 Å². The molecular weight excluding hydrogens is 382 g/mol. The molecule has 2 aromatic heterocycles. The number of amides is 1. The van der Waals surface area contributed by atoms with Crippen LogP contribution in [0.4, 0.5) is 5.82 Å². The molecule has 0 spiro atoms. The number of ether oxygens (including phenoxy) is 2. The summed E-state index contributed by atoms with van der Waals surface area (Å²) in [6.45, 7) is 2.74. The van der Waals surface area contributed by atoms with Crippen LogP contribution in [-0.4, -0.2) is 58.8 Å². The van der Waals surface area contributed by atoms with Gasteiger partial charge in [-0.2, -0.15) is 5.10 Å². The van der Waals surface area contributed by atoms with E-state index < -0.39 is 0 Å². The van der Waals surface area contributed by atoms with Crippen LogP contribution in [0.2, 0.25) is 0 Å². The molecule has 1 saturated carbocycles. The number of fused-ring (bicyclic) bond motifs is 4. The van der Waals surface area contributed by atoms with Crippen molar-refractivity contribution in [3.63, 3.8) is 0 Å². The van der Waals surface area contributed by atoms with Gasteiger partial charge in [-0.15, -0.1) is 0 Å². The number of benzene rings is 1. The van der Waals surface area contributed by atoms with Gasteiger partial charge in [0.1, 0.15) is 18.2 Å². The Kier molecular flexibility index (Phi) is 5.00. The number of anilines is 1. The normalized spacial score (nSPS) is 16.8. The molecule has 0 radical (unpaired) electrons. The Morgan fingerprint density at radius 2 is 2.20 bits per heavy atom. The van der Waals surface area contributed by atoms with Gasteiger partial charge in [-0.3, -0.25) is 4.79 Å². The third-order valence-corrected chi connectivity index (χ3v) is 5.51. The minimum Gasteiger partial charge on any atom is -0.492 e. The summed E-state index contributed by atoms with van der Waals surface area (Å²) in [5.41, 5.74) is 3.69. The second-order valence-corrected chi connectivity index (χ2v) is 7.81. The standard InChI is InChI=1S/C22H25N5O3/c1-29-14-15-10-17-12-18(11-15)30-9-8-26(22(28)16-2-3-16)7-5-23-20-4-6-27-21(25-20)19(17)13-24-27/h4,6,10-13,16H,2-3,5,7-9,14H2,1H3,(H,23,25). The van der Waals surface area contributed by atoms with Crippen molar-refractivity contribution in [2.24, 2.45) is 5.92 Å². The monoisotopic (exact) mass is 407 g/mol. The quantitative estimate of drug-likeness (QED) is 0.719. The molecule has 2 aliphatic rings. The third-order valence-electron chi connectivity index (χ3n) is 5.51. The van der Waals surface area contributed by atoms with Gasteiger partial charge < -0.3 is 19.7 Å². The van der Waals surface area contributed by atoms with Crippen LogP contribution < -0.4 is 10.1 Å². The van der Waals surface area contributed by atoms with E-state index in [9.17, 15) is 4.79 Å². The van der Waals surface area contributed by atoms with E-state index in [1.165, 1.54) is 0 Å². The predicted molar refractivity (Wildman–Crippen MR) is 112 cm³/mol. The fourth-order valence-corrected chi connectivity index (χ4v) is 3.83. The SMILES string of the molecule is COCc1cc2cc(c1)-c1cnn3ccc(nc13)NCCN(C(=O)C1CC1)CCO2. The van der Waals surface area contributed by atoms with E-state index in [1.807, 2.05) is 35.5 Å². The number of hydrogen-bond acceptors (Lipinski definition) is 6. The van der Waals surface area contributed by atoms with E-state index in [-0.39, 0.29) is 11.8 Å². The summed E-state index contributed by atoms with van der Waals surface area (Å²) in [5.74, 6) is 1.93. The van der Waals surface area contributed by atoms with Gasteiger partial charge in [0.2, 0.25) is 5.91 Å². The molecule has 0 unspecified atom stereocenters. The summed E-state index contributed by atoms with van der Waals surface area (Å²) >= 11 is 0. The maximum Gasteiger partial charge on any atom is 0.225 e. The van der Waals surface area contributed by atoms with Gasteiger partial charge in [-0.25, -0.2) is 9.50 Å². The van der Waals surface area contributed by atoms with Crippen LogP contribution in [-0.2, 0) is 16.1 Å². The lowest BCUT2D eigenvalue weighted by atomic mass is 10.1. The Bertz CT molecular complexity index is 1080. The topological polar surface area (TPSA) is 81.0 Å². The van der Waals surface area contributed by atoms with Crippen molar-refractivity contribution in [2.75, 3.05) is 38.7 Å². The van der Waals surface area contributed by atoms with Gasteiger partial charge in [-0.1, -0.05) is 0 Å². The zero-order valence-electron chi connectivity index (χ0n) is 17.0. The Morgan fingerprint density at radius 1 is 1.30 bits per heavy atom. The van der Waals surface area contributed by atoms with Crippen molar-refractivity contribution >= 4 is 17.4 Å². The molecule has 156 valence electrons. The molecule has 1 aliphatic heterocycles. The maximum atomic E-state index is 12.7. The van der Waals surface area contributed by atoms with Crippen LogP contribution in [0.5, 0.6) is 5.75 Å². The van der Waals surface area contributed by atoms with Crippen molar-refractivity contribution in [3.8, 4) is 16.9 Å². The van der Waals surface area contributed by atoms with E-state index in [2.05, 4.69) is 16.5 Å². The average molecular weight is 407 g/mol. The van der Waals surface area contributed by atoms with Crippen LogP contribution in [0.3, 0.4) is 0 Å². The van der Waals surface area contributed by atoms with Gasteiger partial charge in [0.25, 0.3) is 0 Å². The van der Waals surface area contributed by atoms with Crippen LogP contribution in [0, 0.1) is 5.92 Å². The molecule has 0 atom stereocenters. The van der Waals surface area contributed by atoms with Crippen molar-refractivity contribution in [1.82, 2.24) is 19.5 Å². The molecule has 1 N–H and O–H groups in total. The van der Waals surface area contributed by atoms with E-state index in [0.717, 1.165) is 46.7 Å². The highest BCUT2D eigenvalue weighted by atomic mass is 16.5. The molecular formula is C22H25N5O3. The smallest absolute Gasteiger partial charge is 0.225 e. The molecule has 8 nitrogen and oxygen atoms in total. The van der Waals surface area contributed by atoms with Gasteiger partial charge in [0.05, 0.1) is 19.3 Å². The number of nitrogens with one attached hydrogen (secondary N) is 1. The lowest BCUT2D eigenvalue weighted by molar-refractivity contribution is -0.132. The number of carbonyl (C=O) groups is 1. The number of methoxy groups -OCH3 is 1. The summed E-state index contributed by atoms with van der Waals surface area (Å²) in [7, 11) is 1.68. The molecule has 4 bridgehead atoms. The summed E-state index contributed by atoms with van der Waals surface area (Å²) in [6.07, 6.45) is 5.70. The number of aromatic nitrogens is 3. The van der Waals surface area contributed by atoms with Crippen LogP contribution >= 0.6 is 0 Å².